The van der Waals surface area contributed by atoms with E-state index in [0.717, 1.165) is 25.1 Å². The van der Waals surface area contributed by atoms with E-state index < -0.39 is 6.04 Å². The predicted molar refractivity (Wildman–Crippen MR) is 111 cm³/mol. The zero-order chi connectivity index (χ0) is 19.9. The van der Waals surface area contributed by atoms with Crippen molar-refractivity contribution in [1.82, 2.24) is 16.0 Å². The molecule has 2 amide bonds. The molecular formula is C22H26ClN3O2. The maximum atomic E-state index is 13.0. The topological polar surface area (TPSA) is 70.2 Å². The van der Waals surface area contributed by atoms with E-state index in [4.69, 9.17) is 11.6 Å². The third-order valence-corrected chi connectivity index (χ3v) is 5.38. The molecule has 3 atom stereocenters. The molecule has 6 heteroatoms. The highest BCUT2D eigenvalue weighted by Gasteiger charge is 2.27. The Balaban J connectivity index is 1.73. The molecule has 1 fully saturated rings. The van der Waals surface area contributed by atoms with Gasteiger partial charge in [-0.25, -0.2) is 0 Å². The molecule has 0 bridgehead atoms. The van der Waals surface area contributed by atoms with E-state index >= 15 is 0 Å². The van der Waals surface area contributed by atoms with Gasteiger partial charge >= 0.3 is 0 Å². The molecule has 2 aromatic rings. The summed E-state index contributed by atoms with van der Waals surface area (Å²) >= 11 is 5.90. The molecule has 0 spiro atoms. The molecule has 5 nitrogen and oxygen atoms in total. The van der Waals surface area contributed by atoms with Crippen LogP contribution in [0.4, 0.5) is 0 Å². The molecule has 148 valence electrons. The number of nitrogens with one attached hydrogen (secondary N) is 3. The van der Waals surface area contributed by atoms with Crippen LogP contribution in [0.1, 0.15) is 29.3 Å². The minimum atomic E-state index is -0.646. The molecule has 0 aliphatic carbocycles. The maximum absolute atomic E-state index is 13.0. The van der Waals surface area contributed by atoms with Crippen LogP contribution in [0, 0.1) is 5.92 Å². The Morgan fingerprint density at radius 1 is 1.14 bits per heavy atom. The smallest absolute Gasteiger partial charge is 0.251 e. The van der Waals surface area contributed by atoms with Gasteiger partial charge in [0.2, 0.25) is 5.91 Å². The lowest BCUT2D eigenvalue weighted by Gasteiger charge is -2.31. The second-order valence-corrected chi connectivity index (χ2v) is 7.74. The van der Waals surface area contributed by atoms with Crippen molar-refractivity contribution in [2.75, 3.05) is 13.1 Å². The minimum absolute atomic E-state index is 0.111. The van der Waals surface area contributed by atoms with E-state index in [2.05, 4.69) is 22.9 Å². The summed E-state index contributed by atoms with van der Waals surface area (Å²) < 4.78 is 0. The first-order valence-electron chi connectivity index (χ1n) is 9.64. The van der Waals surface area contributed by atoms with E-state index in [1.165, 1.54) is 0 Å². The van der Waals surface area contributed by atoms with Crippen LogP contribution in [-0.4, -0.2) is 37.0 Å². The number of carbonyl (C=O) groups is 2. The fraction of sp³-hybridized carbons (Fsp3) is 0.364. The summed E-state index contributed by atoms with van der Waals surface area (Å²) in [5, 5.41) is 9.93. The van der Waals surface area contributed by atoms with E-state index in [1.54, 1.807) is 24.3 Å². The summed E-state index contributed by atoms with van der Waals surface area (Å²) in [5.74, 6) is -0.0851. The molecule has 1 heterocycles. The Labute approximate surface area is 170 Å². The average molecular weight is 400 g/mol. The van der Waals surface area contributed by atoms with Crippen molar-refractivity contribution in [3.63, 3.8) is 0 Å². The van der Waals surface area contributed by atoms with Gasteiger partial charge in [0.15, 0.2) is 0 Å². The lowest BCUT2D eigenvalue weighted by Crippen LogP contribution is -2.55. The van der Waals surface area contributed by atoms with Crippen molar-refractivity contribution < 1.29 is 9.59 Å². The van der Waals surface area contributed by atoms with Crippen molar-refractivity contribution in [2.45, 2.75) is 31.8 Å². The van der Waals surface area contributed by atoms with Gasteiger partial charge in [-0.05, 0) is 55.3 Å². The fourth-order valence-electron chi connectivity index (χ4n) is 3.41. The lowest BCUT2D eigenvalue weighted by atomic mass is 9.94. The average Bonchev–Trinajstić information content (AvgIpc) is 2.70. The van der Waals surface area contributed by atoms with Crippen molar-refractivity contribution in [1.29, 1.82) is 0 Å². The fourth-order valence-corrected chi connectivity index (χ4v) is 3.54. The lowest BCUT2D eigenvalue weighted by molar-refractivity contribution is -0.124. The van der Waals surface area contributed by atoms with Crippen LogP contribution >= 0.6 is 11.6 Å². The molecule has 3 unspecified atom stereocenters. The number of benzene rings is 2. The van der Waals surface area contributed by atoms with Crippen LogP contribution in [0.3, 0.4) is 0 Å². The van der Waals surface area contributed by atoms with Crippen LogP contribution in [0.15, 0.2) is 54.6 Å². The van der Waals surface area contributed by atoms with Crippen LogP contribution in [0.25, 0.3) is 0 Å². The third kappa shape index (κ3) is 5.57. The van der Waals surface area contributed by atoms with Crippen molar-refractivity contribution >= 4 is 23.4 Å². The van der Waals surface area contributed by atoms with Crippen LogP contribution < -0.4 is 16.0 Å². The number of hydrogen-bond donors (Lipinski definition) is 3. The van der Waals surface area contributed by atoms with E-state index in [-0.39, 0.29) is 17.9 Å². The predicted octanol–water partition coefficient (Wildman–Crippen LogP) is 2.80. The summed E-state index contributed by atoms with van der Waals surface area (Å²) in [6.45, 7) is 3.89. The number of hydrogen-bond acceptors (Lipinski definition) is 3. The Kier molecular flexibility index (Phi) is 7.06. The Bertz CT molecular complexity index is 795. The number of amides is 2. The highest BCUT2D eigenvalue weighted by Crippen LogP contribution is 2.13. The summed E-state index contributed by atoms with van der Waals surface area (Å²) in [5.41, 5.74) is 1.47. The van der Waals surface area contributed by atoms with Crippen molar-refractivity contribution in [3.05, 3.63) is 70.7 Å². The van der Waals surface area contributed by atoms with E-state index in [0.29, 0.717) is 22.9 Å². The summed E-state index contributed by atoms with van der Waals surface area (Å²) in [6, 6.07) is 15.8. The van der Waals surface area contributed by atoms with Crippen LogP contribution in [0.5, 0.6) is 0 Å². The van der Waals surface area contributed by atoms with E-state index in [9.17, 15) is 9.59 Å². The molecule has 0 saturated carbocycles. The van der Waals surface area contributed by atoms with Gasteiger partial charge in [0.1, 0.15) is 6.04 Å². The quantitative estimate of drug-likeness (QED) is 0.699. The minimum Gasteiger partial charge on any atom is -0.351 e. The van der Waals surface area contributed by atoms with Gasteiger partial charge in [-0.3, -0.25) is 9.59 Å². The first-order valence-corrected chi connectivity index (χ1v) is 10.0. The van der Waals surface area contributed by atoms with Crippen molar-refractivity contribution in [2.24, 2.45) is 5.92 Å². The maximum Gasteiger partial charge on any atom is 0.251 e. The van der Waals surface area contributed by atoms with Gasteiger partial charge in [0, 0.05) is 23.0 Å². The molecule has 2 aromatic carbocycles. The first-order chi connectivity index (χ1) is 13.5. The Hall–Kier alpha value is -2.37. The zero-order valence-corrected chi connectivity index (χ0v) is 16.7. The Morgan fingerprint density at radius 3 is 2.54 bits per heavy atom. The van der Waals surface area contributed by atoms with Gasteiger partial charge in [-0.1, -0.05) is 48.9 Å². The molecule has 1 saturated heterocycles. The Morgan fingerprint density at radius 2 is 1.86 bits per heavy atom. The van der Waals surface area contributed by atoms with Crippen LogP contribution in [-0.2, 0) is 11.2 Å². The second kappa shape index (κ2) is 9.71. The highest BCUT2D eigenvalue weighted by atomic mass is 35.5. The van der Waals surface area contributed by atoms with Gasteiger partial charge in [0.05, 0.1) is 0 Å². The van der Waals surface area contributed by atoms with Gasteiger partial charge in [0.25, 0.3) is 5.91 Å². The molecule has 1 aliphatic rings. The number of rotatable bonds is 6. The molecule has 28 heavy (non-hydrogen) atoms. The highest BCUT2D eigenvalue weighted by molar-refractivity contribution is 6.30. The summed E-state index contributed by atoms with van der Waals surface area (Å²) in [6.07, 6.45) is 1.32. The first kappa shape index (κ1) is 20.4. The second-order valence-electron chi connectivity index (χ2n) is 7.31. The van der Waals surface area contributed by atoms with E-state index in [1.807, 2.05) is 30.3 Å². The number of piperidine rings is 1. The molecule has 3 rings (SSSR count). The SMILES string of the molecule is CC1CNCCC1NC(=O)C(Cc1ccccc1)NC(=O)c1ccc(Cl)cc1. The summed E-state index contributed by atoms with van der Waals surface area (Å²) in [7, 11) is 0. The molecule has 0 radical (unpaired) electrons. The van der Waals surface area contributed by atoms with Gasteiger partial charge in [-0.15, -0.1) is 0 Å². The van der Waals surface area contributed by atoms with Crippen molar-refractivity contribution in [3.8, 4) is 0 Å². The largest absolute Gasteiger partial charge is 0.351 e. The van der Waals surface area contributed by atoms with Gasteiger partial charge < -0.3 is 16.0 Å². The normalized spacial score (nSPS) is 20.2. The number of halogens is 1. The zero-order valence-electron chi connectivity index (χ0n) is 16.0. The molecule has 3 N–H and O–H groups in total. The monoisotopic (exact) mass is 399 g/mol. The van der Waals surface area contributed by atoms with Gasteiger partial charge in [-0.2, -0.15) is 0 Å². The third-order valence-electron chi connectivity index (χ3n) is 5.12. The summed E-state index contributed by atoms with van der Waals surface area (Å²) in [4.78, 5) is 25.7. The molecular weight excluding hydrogens is 374 g/mol. The molecule has 1 aliphatic heterocycles. The molecule has 0 aromatic heterocycles. The standard InChI is InChI=1S/C22H26ClN3O2/c1-15-14-24-12-11-19(15)25-22(28)20(13-16-5-3-2-4-6-16)26-21(27)17-7-9-18(23)10-8-17/h2-10,15,19-20,24H,11-14H2,1H3,(H,25,28)(H,26,27). The van der Waals surface area contributed by atoms with Crippen LogP contribution in [0.2, 0.25) is 5.02 Å². The number of carbonyl (C=O) groups excluding carboxylic acids is 2.